The second-order valence-electron chi connectivity index (χ2n) is 8.91. The Kier molecular flexibility index (Phi) is 4.88. The summed E-state index contributed by atoms with van der Waals surface area (Å²) in [6.45, 7) is 11.7. The van der Waals surface area contributed by atoms with Gasteiger partial charge in [0.2, 0.25) is 11.8 Å². The highest BCUT2D eigenvalue weighted by molar-refractivity contribution is 5.81. The maximum absolute atomic E-state index is 12.8. The first-order valence-electron chi connectivity index (χ1n) is 8.69. The third-order valence-corrected chi connectivity index (χ3v) is 4.97. The van der Waals surface area contributed by atoms with Gasteiger partial charge in [0.05, 0.1) is 0 Å². The maximum Gasteiger partial charge on any atom is 0.226 e. The van der Waals surface area contributed by atoms with Gasteiger partial charge in [0, 0.05) is 30.5 Å². The van der Waals surface area contributed by atoms with Crippen molar-refractivity contribution in [3.05, 3.63) is 0 Å². The lowest BCUT2D eigenvalue weighted by Gasteiger charge is -2.40. The van der Waals surface area contributed by atoms with Crippen LogP contribution in [0.25, 0.3) is 0 Å². The van der Waals surface area contributed by atoms with Gasteiger partial charge in [0.15, 0.2) is 0 Å². The summed E-state index contributed by atoms with van der Waals surface area (Å²) in [4.78, 5) is 26.4. The van der Waals surface area contributed by atoms with Gasteiger partial charge in [-0.25, -0.2) is 0 Å². The molecule has 22 heavy (non-hydrogen) atoms. The number of carbonyl (C=O) groups excluding carboxylic acids is 2. The van der Waals surface area contributed by atoms with Crippen molar-refractivity contribution in [2.45, 2.75) is 84.7 Å². The van der Waals surface area contributed by atoms with Crippen LogP contribution < -0.4 is 5.32 Å². The maximum atomic E-state index is 12.8. The SMILES string of the molecule is CC(C)(C)CC1CCN(C(C)(C)CC2CCCC(=O)N2)C1=O. The lowest BCUT2D eigenvalue weighted by Crippen LogP contribution is -2.51. The van der Waals surface area contributed by atoms with E-state index in [2.05, 4.69) is 44.8 Å². The molecule has 0 radical (unpaired) electrons. The van der Waals surface area contributed by atoms with E-state index in [1.165, 1.54) is 0 Å². The summed E-state index contributed by atoms with van der Waals surface area (Å²) < 4.78 is 0. The van der Waals surface area contributed by atoms with Crippen LogP contribution in [-0.4, -0.2) is 34.8 Å². The Labute approximate surface area is 135 Å². The number of likely N-dealkylation sites (tertiary alicyclic amines) is 1. The molecule has 4 nitrogen and oxygen atoms in total. The van der Waals surface area contributed by atoms with E-state index in [1.807, 2.05) is 0 Å². The fraction of sp³-hybridized carbons (Fsp3) is 0.889. The Morgan fingerprint density at radius 2 is 1.77 bits per heavy atom. The summed E-state index contributed by atoms with van der Waals surface area (Å²) in [6.07, 6.45) is 5.42. The van der Waals surface area contributed by atoms with Gasteiger partial charge >= 0.3 is 0 Å². The van der Waals surface area contributed by atoms with Crippen molar-refractivity contribution in [1.29, 1.82) is 0 Å². The minimum Gasteiger partial charge on any atom is -0.353 e. The average Bonchev–Trinajstić information content (AvgIpc) is 2.69. The van der Waals surface area contributed by atoms with Crippen molar-refractivity contribution in [2.75, 3.05) is 6.54 Å². The van der Waals surface area contributed by atoms with Gasteiger partial charge in [-0.05, 0) is 51.4 Å². The third kappa shape index (κ3) is 4.23. The molecule has 2 saturated heterocycles. The van der Waals surface area contributed by atoms with Crippen LogP contribution in [-0.2, 0) is 9.59 Å². The van der Waals surface area contributed by atoms with Crippen molar-refractivity contribution < 1.29 is 9.59 Å². The molecule has 0 aliphatic carbocycles. The van der Waals surface area contributed by atoms with E-state index in [1.54, 1.807) is 0 Å². The summed E-state index contributed by atoms with van der Waals surface area (Å²) in [5.74, 6) is 0.632. The van der Waals surface area contributed by atoms with Crippen LogP contribution in [0.5, 0.6) is 0 Å². The van der Waals surface area contributed by atoms with Crippen molar-refractivity contribution in [1.82, 2.24) is 10.2 Å². The molecule has 0 spiro atoms. The first kappa shape index (κ1) is 17.3. The van der Waals surface area contributed by atoms with E-state index in [4.69, 9.17) is 0 Å². The van der Waals surface area contributed by atoms with Crippen LogP contribution in [0.2, 0.25) is 0 Å². The van der Waals surface area contributed by atoms with Gasteiger partial charge in [0.1, 0.15) is 0 Å². The minimum absolute atomic E-state index is 0.158. The van der Waals surface area contributed by atoms with Crippen molar-refractivity contribution in [3.63, 3.8) is 0 Å². The summed E-state index contributed by atoms with van der Waals surface area (Å²) >= 11 is 0. The number of rotatable bonds is 4. The van der Waals surface area contributed by atoms with Crippen molar-refractivity contribution in [3.8, 4) is 0 Å². The van der Waals surface area contributed by atoms with E-state index in [9.17, 15) is 9.59 Å². The number of amides is 2. The van der Waals surface area contributed by atoms with Crippen molar-refractivity contribution >= 4 is 11.8 Å². The summed E-state index contributed by atoms with van der Waals surface area (Å²) in [5, 5.41) is 3.08. The quantitative estimate of drug-likeness (QED) is 0.867. The molecule has 2 rings (SSSR count). The van der Waals surface area contributed by atoms with Gasteiger partial charge < -0.3 is 10.2 Å². The van der Waals surface area contributed by atoms with E-state index in [-0.39, 0.29) is 28.8 Å². The number of hydrogen-bond donors (Lipinski definition) is 1. The molecule has 126 valence electrons. The largest absolute Gasteiger partial charge is 0.353 e. The van der Waals surface area contributed by atoms with Gasteiger partial charge in [-0.15, -0.1) is 0 Å². The lowest BCUT2D eigenvalue weighted by molar-refractivity contribution is -0.136. The standard InChI is InChI=1S/C18H32N2O2/c1-17(2,3)11-13-9-10-20(16(13)22)18(4,5)12-14-7-6-8-15(21)19-14/h13-14H,6-12H2,1-5H3,(H,19,21). The first-order chi connectivity index (χ1) is 10.1. The fourth-order valence-electron chi connectivity index (χ4n) is 4.02. The monoisotopic (exact) mass is 308 g/mol. The zero-order valence-electron chi connectivity index (χ0n) is 14.9. The number of nitrogens with one attached hydrogen (secondary N) is 1. The number of nitrogens with zero attached hydrogens (tertiary/aromatic N) is 1. The Morgan fingerprint density at radius 1 is 1.09 bits per heavy atom. The zero-order valence-corrected chi connectivity index (χ0v) is 14.9. The highest BCUT2D eigenvalue weighted by Gasteiger charge is 2.42. The molecule has 0 aromatic rings. The Balaban J connectivity index is 1.97. The van der Waals surface area contributed by atoms with Crippen LogP contribution in [0.1, 0.15) is 73.1 Å². The van der Waals surface area contributed by atoms with Gasteiger partial charge in [0.25, 0.3) is 0 Å². The molecule has 2 unspecified atom stereocenters. The molecular formula is C18H32N2O2. The molecule has 0 aromatic carbocycles. The summed E-state index contributed by atoms with van der Waals surface area (Å²) in [6, 6.07) is 0.214. The normalized spacial score (nSPS) is 27.2. The molecule has 2 aliphatic rings. The molecule has 2 amide bonds. The Morgan fingerprint density at radius 3 is 2.36 bits per heavy atom. The topological polar surface area (TPSA) is 49.4 Å². The van der Waals surface area contributed by atoms with Gasteiger partial charge in [-0.1, -0.05) is 20.8 Å². The number of piperidine rings is 1. The van der Waals surface area contributed by atoms with Crippen LogP contribution in [0.4, 0.5) is 0 Å². The second-order valence-corrected chi connectivity index (χ2v) is 8.91. The molecule has 0 bridgehead atoms. The van der Waals surface area contributed by atoms with Gasteiger partial charge in [-0.3, -0.25) is 9.59 Å². The van der Waals surface area contributed by atoms with Crippen molar-refractivity contribution in [2.24, 2.45) is 11.3 Å². The molecule has 1 N–H and O–H groups in total. The molecule has 0 aromatic heterocycles. The van der Waals surface area contributed by atoms with Crippen LogP contribution in [0.3, 0.4) is 0 Å². The van der Waals surface area contributed by atoms with E-state index >= 15 is 0 Å². The van der Waals surface area contributed by atoms with E-state index in [0.717, 1.165) is 38.6 Å². The predicted molar refractivity (Wildman–Crippen MR) is 88.4 cm³/mol. The zero-order chi connectivity index (χ0) is 16.5. The summed E-state index contributed by atoms with van der Waals surface area (Å²) in [5.41, 5.74) is 0.0107. The van der Waals surface area contributed by atoms with Gasteiger partial charge in [-0.2, -0.15) is 0 Å². The van der Waals surface area contributed by atoms with Crippen LogP contribution >= 0.6 is 0 Å². The second kappa shape index (κ2) is 6.21. The first-order valence-corrected chi connectivity index (χ1v) is 8.69. The number of hydrogen-bond acceptors (Lipinski definition) is 2. The molecule has 2 fully saturated rings. The fourth-order valence-corrected chi connectivity index (χ4v) is 4.02. The average molecular weight is 308 g/mol. The van der Waals surface area contributed by atoms with Crippen LogP contribution in [0.15, 0.2) is 0 Å². The van der Waals surface area contributed by atoms with Crippen LogP contribution in [0, 0.1) is 11.3 Å². The molecule has 4 heteroatoms. The smallest absolute Gasteiger partial charge is 0.226 e. The molecule has 2 atom stereocenters. The Bertz CT molecular complexity index is 437. The molecule has 0 saturated carbocycles. The minimum atomic E-state index is -0.182. The highest BCUT2D eigenvalue weighted by Crippen LogP contribution is 2.36. The highest BCUT2D eigenvalue weighted by atomic mass is 16.2. The molecule has 2 heterocycles. The summed E-state index contributed by atoms with van der Waals surface area (Å²) in [7, 11) is 0. The lowest BCUT2D eigenvalue weighted by atomic mass is 9.84. The van der Waals surface area contributed by atoms with E-state index in [0.29, 0.717) is 12.3 Å². The van der Waals surface area contributed by atoms with E-state index < -0.39 is 0 Å². The molecular weight excluding hydrogens is 276 g/mol. The number of carbonyl (C=O) groups is 2. The third-order valence-electron chi connectivity index (χ3n) is 4.97. The Hall–Kier alpha value is -1.06. The molecule has 2 aliphatic heterocycles. The predicted octanol–water partition coefficient (Wildman–Crippen LogP) is 3.11.